The van der Waals surface area contributed by atoms with Crippen molar-refractivity contribution in [1.82, 2.24) is 4.90 Å². The summed E-state index contributed by atoms with van der Waals surface area (Å²) in [6.07, 6.45) is 2.08. The molecule has 2 N–H and O–H groups in total. The lowest BCUT2D eigenvalue weighted by Crippen LogP contribution is -2.39. The molecule has 0 radical (unpaired) electrons. The van der Waals surface area contributed by atoms with E-state index in [9.17, 15) is 5.11 Å². The summed E-state index contributed by atoms with van der Waals surface area (Å²) in [6.45, 7) is 4.68. The zero-order valence-corrected chi connectivity index (χ0v) is 7.92. The van der Waals surface area contributed by atoms with Gasteiger partial charge in [0.05, 0.1) is 19.0 Å². The first-order valence-electron chi connectivity index (χ1n) is 4.55. The fourth-order valence-corrected chi connectivity index (χ4v) is 1.16. The average Bonchev–Trinajstić information content (AvgIpc) is 2.19. The molecule has 0 atom stereocenters. The number of nitrogens with zero attached hydrogens (tertiary/aromatic N) is 1. The third kappa shape index (κ3) is 3.06. The van der Waals surface area contributed by atoms with Crippen LogP contribution in [0.2, 0.25) is 0 Å². The van der Waals surface area contributed by atoms with E-state index >= 15 is 0 Å². The number of aliphatic hydroxyl groups excluding tert-OH is 1. The molecule has 1 heterocycles. The summed E-state index contributed by atoms with van der Waals surface area (Å²) in [6, 6.07) is 0. The monoisotopic (exact) mass is 184 g/mol. The van der Waals surface area contributed by atoms with E-state index in [2.05, 4.69) is 0 Å². The topological polar surface area (TPSA) is 56.5 Å². The van der Waals surface area contributed by atoms with Crippen LogP contribution >= 0.6 is 0 Å². The second-order valence-corrected chi connectivity index (χ2v) is 2.97. The van der Waals surface area contributed by atoms with Crippen molar-refractivity contribution in [3.8, 4) is 0 Å². The van der Waals surface area contributed by atoms with E-state index in [0.29, 0.717) is 25.5 Å². The molecule has 4 nitrogen and oxygen atoms in total. The lowest BCUT2D eigenvalue weighted by molar-refractivity contribution is 0.0680. The molecule has 0 amide bonds. The standard InChI is InChI=1S/C9H16N2O2/c1-2-8(12)7-9(10)11-3-5-13-6-4-11/h7,10,12H,2-6H2,1H3/b8-7-,10-9?. The van der Waals surface area contributed by atoms with Gasteiger partial charge < -0.3 is 14.7 Å². The van der Waals surface area contributed by atoms with Crippen molar-refractivity contribution in [3.63, 3.8) is 0 Å². The van der Waals surface area contributed by atoms with Crippen LogP contribution in [0.5, 0.6) is 0 Å². The normalized spacial score (nSPS) is 18.8. The Morgan fingerprint density at radius 2 is 2.15 bits per heavy atom. The van der Waals surface area contributed by atoms with Crippen molar-refractivity contribution in [2.45, 2.75) is 13.3 Å². The van der Waals surface area contributed by atoms with Crippen LogP contribution in [0.4, 0.5) is 0 Å². The third-order valence-electron chi connectivity index (χ3n) is 2.02. The number of morpholine rings is 1. The van der Waals surface area contributed by atoms with Crippen LogP contribution in [-0.4, -0.2) is 42.1 Å². The van der Waals surface area contributed by atoms with Gasteiger partial charge in [0, 0.05) is 25.6 Å². The molecule has 0 aromatic carbocycles. The van der Waals surface area contributed by atoms with Gasteiger partial charge in [-0.15, -0.1) is 0 Å². The highest BCUT2D eigenvalue weighted by Crippen LogP contribution is 2.01. The quantitative estimate of drug-likeness (QED) is 0.384. The number of amidine groups is 1. The van der Waals surface area contributed by atoms with Crippen molar-refractivity contribution in [2.24, 2.45) is 0 Å². The number of nitrogens with one attached hydrogen (secondary N) is 1. The van der Waals surface area contributed by atoms with Crippen molar-refractivity contribution in [3.05, 3.63) is 11.8 Å². The SMILES string of the molecule is CC/C(O)=C/C(=N)N1CCOCC1. The van der Waals surface area contributed by atoms with Gasteiger partial charge in [-0.05, 0) is 0 Å². The van der Waals surface area contributed by atoms with Crippen molar-refractivity contribution in [2.75, 3.05) is 26.3 Å². The zero-order valence-electron chi connectivity index (χ0n) is 7.92. The van der Waals surface area contributed by atoms with E-state index in [0.717, 1.165) is 13.1 Å². The summed E-state index contributed by atoms with van der Waals surface area (Å²) >= 11 is 0. The van der Waals surface area contributed by atoms with Crippen molar-refractivity contribution in [1.29, 1.82) is 5.41 Å². The summed E-state index contributed by atoms with van der Waals surface area (Å²) in [5.41, 5.74) is 0. The number of hydrogen-bond donors (Lipinski definition) is 2. The Kier molecular flexibility index (Phi) is 3.76. The molecule has 0 aliphatic carbocycles. The highest BCUT2D eigenvalue weighted by Gasteiger charge is 2.11. The number of ether oxygens (including phenoxy) is 1. The summed E-state index contributed by atoms with van der Waals surface area (Å²) in [4.78, 5) is 1.90. The van der Waals surface area contributed by atoms with Gasteiger partial charge in [0.25, 0.3) is 0 Å². The number of aliphatic hydroxyl groups is 1. The Morgan fingerprint density at radius 1 is 1.54 bits per heavy atom. The van der Waals surface area contributed by atoms with Gasteiger partial charge in [-0.3, -0.25) is 5.41 Å². The fraction of sp³-hybridized carbons (Fsp3) is 0.667. The molecule has 1 fully saturated rings. The van der Waals surface area contributed by atoms with E-state index in [1.807, 2.05) is 11.8 Å². The molecule has 4 heteroatoms. The number of rotatable bonds is 2. The van der Waals surface area contributed by atoms with Crippen LogP contribution in [0, 0.1) is 5.41 Å². The molecule has 1 aliphatic rings. The maximum Gasteiger partial charge on any atom is 0.124 e. The largest absolute Gasteiger partial charge is 0.512 e. The third-order valence-corrected chi connectivity index (χ3v) is 2.02. The molecule has 74 valence electrons. The minimum atomic E-state index is 0.261. The first kappa shape index (κ1) is 10.1. The average molecular weight is 184 g/mol. The Balaban J connectivity index is 2.46. The van der Waals surface area contributed by atoms with Crippen molar-refractivity contribution < 1.29 is 9.84 Å². The molecule has 1 aliphatic heterocycles. The first-order valence-corrected chi connectivity index (χ1v) is 4.55. The molecule has 0 aromatic heterocycles. The molecule has 0 aromatic rings. The highest BCUT2D eigenvalue weighted by atomic mass is 16.5. The molecule has 0 unspecified atom stereocenters. The van der Waals surface area contributed by atoms with Crippen LogP contribution < -0.4 is 0 Å². The summed E-state index contributed by atoms with van der Waals surface area (Å²) < 4.78 is 5.16. The zero-order chi connectivity index (χ0) is 9.68. The second-order valence-electron chi connectivity index (χ2n) is 2.97. The molecular weight excluding hydrogens is 168 g/mol. The summed E-state index contributed by atoms with van der Waals surface area (Å²) in [5, 5.41) is 16.9. The summed E-state index contributed by atoms with van der Waals surface area (Å²) in [5.74, 6) is 0.638. The van der Waals surface area contributed by atoms with E-state index in [-0.39, 0.29) is 5.76 Å². The Hall–Kier alpha value is -1.03. The van der Waals surface area contributed by atoms with Crippen LogP contribution in [0.25, 0.3) is 0 Å². The fourth-order valence-electron chi connectivity index (χ4n) is 1.16. The van der Waals surface area contributed by atoms with Crippen molar-refractivity contribution >= 4 is 5.84 Å². The minimum Gasteiger partial charge on any atom is -0.512 e. The molecule has 13 heavy (non-hydrogen) atoms. The Bertz CT molecular complexity index is 208. The van der Waals surface area contributed by atoms with Gasteiger partial charge in [-0.2, -0.15) is 0 Å². The van der Waals surface area contributed by atoms with Gasteiger partial charge in [-0.1, -0.05) is 6.92 Å². The van der Waals surface area contributed by atoms with Gasteiger partial charge >= 0.3 is 0 Å². The number of allylic oxidation sites excluding steroid dienone is 1. The van der Waals surface area contributed by atoms with Crippen LogP contribution in [0.15, 0.2) is 11.8 Å². The van der Waals surface area contributed by atoms with E-state index in [4.69, 9.17) is 10.1 Å². The van der Waals surface area contributed by atoms with Gasteiger partial charge in [0.15, 0.2) is 0 Å². The van der Waals surface area contributed by atoms with Gasteiger partial charge in [0.2, 0.25) is 0 Å². The minimum absolute atomic E-state index is 0.261. The van der Waals surface area contributed by atoms with E-state index < -0.39 is 0 Å². The van der Waals surface area contributed by atoms with E-state index in [1.54, 1.807) is 0 Å². The maximum absolute atomic E-state index is 9.22. The van der Waals surface area contributed by atoms with E-state index in [1.165, 1.54) is 6.08 Å². The molecule has 1 rings (SSSR count). The molecular formula is C9H16N2O2. The van der Waals surface area contributed by atoms with Gasteiger partial charge in [0.1, 0.15) is 5.84 Å². The van der Waals surface area contributed by atoms with Crippen LogP contribution in [0.1, 0.15) is 13.3 Å². The predicted molar refractivity (Wildman–Crippen MR) is 51.1 cm³/mol. The maximum atomic E-state index is 9.22. The predicted octanol–water partition coefficient (Wildman–Crippen LogP) is 1.15. The summed E-state index contributed by atoms with van der Waals surface area (Å²) in [7, 11) is 0. The van der Waals surface area contributed by atoms with Crippen LogP contribution in [-0.2, 0) is 4.74 Å². The Labute approximate surface area is 78.3 Å². The lowest BCUT2D eigenvalue weighted by Gasteiger charge is -2.27. The second kappa shape index (κ2) is 4.87. The molecule has 0 spiro atoms. The first-order chi connectivity index (χ1) is 6.24. The molecule has 1 saturated heterocycles. The number of hydrogen-bond acceptors (Lipinski definition) is 3. The highest BCUT2D eigenvalue weighted by molar-refractivity contribution is 5.90. The molecule has 0 bridgehead atoms. The molecule has 0 saturated carbocycles. The Morgan fingerprint density at radius 3 is 2.69 bits per heavy atom. The lowest BCUT2D eigenvalue weighted by atomic mass is 10.3. The van der Waals surface area contributed by atoms with Crippen LogP contribution in [0.3, 0.4) is 0 Å². The van der Waals surface area contributed by atoms with Gasteiger partial charge in [-0.25, -0.2) is 0 Å². The smallest absolute Gasteiger partial charge is 0.124 e.